The molecule has 2 saturated heterocycles. The van der Waals surface area contributed by atoms with Gasteiger partial charge in [-0.15, -0.1) is 0 Å². The number of amides is 1. The standard InChI is InChI=1S/C19H37N3O2/c1-5-8-19(15-21-16-7-6-11-20-14-16)9-12-22(13-10-19)17(23)24-18(2,3)4/h16,20-21H,5-15H2,1-4H3. The summed E-state index contributed by atoms with van der Waals surface area (Å²) < 4.78 is 5.52. The van der Waals surface area contributed by atoms with E-state index in [0.717, 1.165) is 45.6 Å². The van der Waals surface area contributed by atoms with Crippen LogP contribution in [0.3, 0.4) is 0 Å². The van der Waals surface area contributed by atoms with Gasteiger partial charge in [0.15, 0.2) is 0 Å². The summed E-state index contributed by atoms with van der Waals surface area (Å²) in [5, 5.41) is 7.28. The predicted octanol–water partition coefficient (Wildman–Crippen LogP) is 3.15. The Morgan fingerprint density at radius 1 is 1.33 bits per heavy atom. The van der Waals surface area contributed by atoms with Crippen molar-refractivity contribution in [1.29, 1.82) is 0 Å². The summed E-state index contributed by atoms with van der Waals surface area (Å²) in [7, 11) is 0. The van der Waals surface area contributed by atoms with E-state index in [9.17, 15) is 4.79 Å². The van der Waals surface area contributed by atoms with Crippen LogP contribution in [-0.4, -0.2) is 55.4 Å². The van der Waals surface area contributed by atoms with Gasteiger partial charge in [-0.05, 0) is 64.8 Å². The summed E-state index contributed by atoms with van der Waals surface area (Å²) in [6.45, 7) is 13.0. The minimum absolute atomic E-state index is 0.156. The lowest BCUT2D eigenvalue weighted by Crippen LogP contribution is -2.51. The van der Waals surface area contributed by atoms with E-state index in [2.05, 4.69) is 17.6 Å². The van der Waals surface area contributed by atoms with E-state index in [4.69, 9.17) is 4.74 Å². The zero-order valence-corrected chi connectivity index (χ0v) is 16.1. The van der Waals surface area contributed by atoms with Crippen molar-refractivity contribution in [3.63, 3.8) is 0 Å². The number of hydrogen-bond acceptors (Lipinski definition) is 4. The van der Waals surface area contributed by atoms with Gasteiger partial charge in [-0.3, -0.25) is 0 Å². The van der Waals surface area contributed by atoms with Crippen molar-refractivity contribution in [3.05, 3.63) is 0 Å². The summed E-state index contributed by atoms with van der Waals surface area (Å²) in [4.78, 5) is 14.2. The molecule has 0 aromatic carbocycles. The van der Waals surface area contributed by atoms with Crippen molar-refractivity contribution < 1.29 is 9.53 Å². The Hall–Kier alpha value is -0.810. The molecule has 0 radical (unpaired) electrons. The van der Waals surface area contributed by atoms with Crippen LogP contribution in [-0.2, 0) is 4.74 Å². The van der Waals surface area contributed by atoms with Crippen LogP contribution in [0.1, 0.15) is 66.2 Å². The van der Waals surface area contributed by atoms with Gasteiger partial charge in [-0.2, -0.15) is 0 Å². The molecule has 5 nitrogen and oxygen atoms in total. The van der Waals surface area contributed by atoms with E-state index < -0.39 is 5.60 Å². The molecule has 2 aliphatic rings. The number of hydrogen-bond donors (Lipinski definition) is 2. The smallest absolute Gasteiger partial charge is 0.410 e. The topological polar surface area (TPSA) is 53.6 Å². The second kappa shape index (κ2) is 8.52. The lowest BCUT2D eigenvalue weighted by atomic mass is 9.74. The maximum absolute atomic E-state index is 12.3. The first kappa shape index (κ1) is 19.5. The summed E-state index contributed by atoms with van der Waals surface area (Å²) >= 11 is 0. The SMILES string of the molecule is CCCC1(CNC2CCCNC2)CCN(C(=O)OC(C)(C)C)CC1. The molecule has 5 heteroatoms. The first-order valence-electron chi connectivity index (χ1n) is 9.76. The van der Waals surface area contributed by atoms with Crippen LogP contribution in [0.15, 0.2) is 0 Å². The van der Waals surface area contributed by atoms with Gasteiger partial charge in [-0.25, -0.2) is 4.79 Å². The van der Waals surface area contributed by atoms with Crippen molar-refractivity contribution in [2.24, 2.45) is 5.41 Å². The number of likely N-dealkylation sites (tertiary alicyclic amines) is 1. The van der Waals surface area contributed by atoms with Gasteiger partial charge in [0.25, 0.3) is 0 Å². The minimum atomic E-state index is -0.412. The molecule has 2 rings (SSSR count). The molecule has 0 saturated carbocycles. The summed E-state index contributed by atoms with van der Waals surface area (Å²) in [5.74, 6) is 0. The summed E-state index contributed by atoms with van der Waals surface area (Å²) in [6, 6.07) is 0.608. The Balaban J connectivity index is 1.84. The molecular weight excluding hydrogens is 302 g/mol. The van der Waals surface area contributed by atoms with Crippen molar-refractivity contribution in [2.75, 3.05) is 32.7 Å². The Labute approximate surface area is 147 Å². The van der Waals surface area contributed by atoms with Crippen molar-refractivity contribution in [1.82, 2.24) is 15.5 Å². The van der Waals surface area contributed by atoms with Crippen LogP contribution in [0.2, 0.25) is 0 Å². The maximum Gasteiger partial charge on any atom is 0.410 e. The fraction of sp³-hybridized carbons (Fsp3) is 0.947. The number of piperidine rings is 2. The third-order valence-corrected chi connectivity index (χ3v) is 5.32. The Morgan fingerprint density at radius 3 is 2.58 bits per heavy atom. The van der Waals surface area contributed by atoms with Crippen LogP contribution in [0, 0.1) is 5.41 Å². The van der Waals surface area contributed by atoms with E-state index in [1.807, 2.05) is 25.7 Å². The molecule has 1 unspecified atom stereocenters. The lowest BCUT2D eigenvalue weighted by molar-refractivity contribution is 0.00836. The third kappa shape index (κ3) is 5.92. The molecule has 2 heterocycles. The van der Waals surface area contributed by atoms with E-state index in [0.29, 0.717) is 11.5 Å². The fourth-order valence-electron chi connectivity index (χ4n) is 3.92. The predicted molar refractivity (Wildman–Crippen MR) is 98.3 cm³/mol. The third-order valence-electron chi connectivity index (χ3n) is 5.32. The average Bonchev–Trinajstić information content (AvgIpc) is 2.53. The minimum Gasteiger partial charge on any atom is -0.444 e. The molecule has 2 fully saturated rings. The Kier molecular flexibility index (Phi) is 6.93. The molecule has 1 amide bonds. The monoisotopic (exact) mass is 339 g/mol. The molecule has 0 bridgehead atoms. The molecule has 1 atom stereocenters. The van der Waals surface area contributed by atoms with Crippen molar-refractivity contribution in [3.8, 4) is 0 Å². The van der Waals surface area contributed by atoms with Gasteiger partial charge in [-0.1, -0.05) is 13.3 Å². The van der Waals surface area contributed by atoms with Crippen LogP contribution >= 0.6 is 0 Å². The van der Waals surface area contributed by atoms with Crippen molar-refractivity contribution in [2.45, 2.75) is 77.9 Å². The van der Waals surface area contributed by atoms with Gasteiger partial charge in [0, 0.05) is 32.2 Å². The van der Waals surface area contributed by atoms with Crippen molar-refractivity contribution >= 4 is 6.09 Å². The summed E-state index contributed by atoms with van der Waals surface area (Å²) in [6.07, 6.45) is 6.99. The summed E-state index contributed by atoms with van der Waals surface area (Å²) in [5.41, 5.74) is -0.0741. The van der Waals surface area contributed by atoms with E-state index in [1.54, 1.807) is 0 Å². The highest BCUT2D eigenvalue weighted by Gasteiger charge is 2.36. The molecule has 0 spiro atoms. The zero-order chi connectivity index (χ0) is 17.6. The number of nitrogens with zero attached hydrogens (tertiary/aromatic N) is 1. The highest BCUT2D eigenvalue weighted by molar-refractivity contribution is 5.68. The average molecular weight is 340 g/mol. The Morgan fingerprint density at radius 2 is 2.04 bits per heavy atom. The maximum atomic E-state index is 12.3. The molecule has 0 aromatic heterocycles. The van der Waals surface area contributed by atoms with Gasteiger partial charge in [0.05, 0.1) is 0 Å². The normalized spacial score (nSPS) is 24.7. The first-order valence-corrected chi connectivity index (χ1v) is 9.76. The molecule has 2 N–H and O–H groups in total. The van der Waals surface area contributed by atoms with Gasteiger partial charge in [0.1, 0.15) is 5.60 Å². The van der Waals surface area contributed by atoms with E-state index in [1.165, 1.54) is 25.7 Å². The highest BCUT2D eigenvalue weighted by atomic mass is 16.6. The lowest BCUT2D eigenvalue weighted by Gasteiger charge is -2.43. The zero-order valence-electron chi connectivity index (χ0n) is 16.1. The van der Waals surface area contributed by atoms with Crippen LogP contribution in [0.25, 0.3) is 0 Å². The first-order chi connectivity index (χ1) is 11.3. The van der Waals surface area contributed by atoms with Gasteiger partial charge >= 0.3 is 6.09 Å². The number of rotatable bonds is 5. The Bertz CT molecular complexity index is 392. The molecule has 0 aromatic rings. The quantitative estimate of drug-likeness (QED) is 0.808. The largest absolute Gasteiger partial charge is 0.444 e. The molecule has 0 aliphatic carbocycles. The van der Waals surface area contributed by atoms with Crippen LogP contribution in [0.4, 0.5) is 4.79 Å². The molecule has 140 valence electrons. The molecular formula is C19H37N3O2. The second-order valence-electron chi connectivity index (χ2n) is 8.64. The molecule has 24 heavy (non-hydrogen) atoms. The number of carbonyl (C=O) groups is 1. The molecule has 2 aliphatic heterocycles. The highest BCUT2D eigenvalue weighted by Crippen LogP contribution is 2.36. The number of nitrogens with one attached hydrogen (secondary N) is 2. The van der Waals surface area contributed by atoms with Crippen LogP contribution in [0.5, 0.6) is 0 Å². The number of ether oxygens (including phenoxy) is 1. The van der Waals surface area contributed by atoms with Crippen LogP contribution < -0.4 is 10.6 Å². The van der Waals surface area contributed by atoms with Gasteiger partial charge < -0.3 is 20.3 Å². The fourth-order valence-corrected chi connectivity index (χ4v) is 3.92. The van der Waals surface area contributed by atoms with E-state index in [-0.39, 0.29) is 6.09 Å². The van der Waals surface area contributed by atoms with Gasteiger partial charge in [0.2, 0.25) is 0 Å². The number of carbonyl (C=O) groups excluding carboxylic acids is 1. The van der Waals surface area contributed by atoms with E-state index >= 15 is 0 Å². The second-order valence-corrected chi connectivity index (χ2v) is 8.64.